The van der Waals surface area contributed by atoms with Crippen LogP contribution in [0.25, 0.3) is 11.0 Å². The zero-order valence-electron chi connectivity index (χ0n) is 16.2. The first-order valence-corrected chi connectivity index (χ1v) is 9.27. The van der Waals surface area contributed by atoms with Crippen LogP contribution in [0, 0.1) is 10.1 Å². The number of nitrogens with one attached hydrogen (secondary N) is 1. The number of para-hydroxylation sites is 2. The Labute approximate surface area is 167 Å². The van der Waals surface area contributed by atoms with Crippen molar-refractivity contribution in [2.75, 3.05) is 5.32 Å². The molecule has 8 nitrogen and oxygen atoms in total. The van der Waals surface area contributed by atoms with Gasteiger partial charge in [-0.05, 0) is 50.6 Å². The molecule has 0 bridgehead atoms. The maximum Gasteiger partial charge on any atom is 0.338 e. The number of anilines is 1. The van der Waals surface area contributed by atoms with Crippen molar-refractivity contribution < 1.29 is 14.5 Å². The fourth-order valence-electron chi connectivity index (χ4n) is 3.60. The standard InChI is InChI=1S/C21H20N4O4/c1-12(2)29-20(26)18-13(3)22-21-23-16-6-4-5-7-17(16)24(21)19(18)14-8-10-15(11-9-14)25(27)28/h4-12,19H,1-3H3,(H,22,23)/t19-/m0/s1. The minimum Gasteiger partial charge on any atom is -0.459 e. The van der Waals surface area contributed by atoms with E-state index >= 15 is 0 Å². The van der Waals surface area contributed by atoms with Crippen LogP contribution in [0.1, 0.15) is 32.4 Å². The van der Waals surface area contributed by atoms with Gasteiger partial charge in [-0.15, -0.1) is 0 Å². The molecular weight excluding hydrogens is 372 g/mol. The van der Waals surface area contributed by atoms with E-state index in [0.717, 1.165) is 16.6 Å². The van der Waals surface area contributed by atoms with Crippen LogP contribution < -0.4 is 5.32 Å². The normalized spacial score (nSPS) is 15.9. The summed E-state index contributed by atoms with van der Waals surface area (Å²) in [6, 6.07) is 13.3. The predicted molar refractivity (Wildman–Crippen MR) is 109 cm³/mol. The molecule has 4 rings (SSSR count). The molecule has 29 heavy (non-hydrogen) atoms. The number of hydrogen-bond donors (Lipinski definition) is 1. The second kappa shape index (κ2) is 7.05. The van der Waals surface area contributed by atoms with E-state index in [4.69, 9.17) is 4.74 Å². The number of non-ortho nitro benzene ring substituents is 1. The number of carbonyl (C=O) groups is 1. The van der Waals surface area contributed by atoms with Crippen LogP contribution in [-0.4, -0.2) is 26.5 Å². The highest BCUT2D eigenvalue weighted by molar-refractivity contribution is 5.94. The maximum absolute atomic E-state index is 13.0. The van der Waals surface area contributed by atoms with Gasteiger partial charge in [0.2, 0.25) is 5.95 Å². The number of fused-ring (bicyclic) bond motifs is 3. The van der Waals surface area contributed by atoms with Gasteiger partial charge in [-0.2, -0.15) is 0 Å². The van der Waals surface area contributed by atoms with Crippen molar-refractivity contribution in [1.29, 1.82) is 0 Å². The molecule has 0 aliphatic carbocycles. The van der Waals surface area contributed by atoms with Crippen molar-refractivity contribution in [2.24, 2.45) is 0 Å². The predicted octanol–water partition coefficient (Wildman–Crippen LogP) is 4.19. The van der Waals surface area contributed by atoms with Crippen LogP contribution in [0.15, 0.2) is 59.8 Å². The Hall–Kier alpha value is -3.68. The third-order valence-corrected chi connectivity index (χ3v) is 4.81. The number of benzene rings is 2. The van der Waals surface area contributed by atoms with Crippen molar-refractivity contribution in [3.8, 4) is 0 Å². The summed E-state index contributed by atoms with van der Waals surface area (Å²) in [4.78, 5) is 28.2. The maximum atomic E-state index is 13.0. The molecule has 1 atom stereocenters. The highest BCUT2D eigenvalue weighted by Crippen LogP contribution is 2.39. The molecule has 0 radical (unpaired) electrons. The largest absolute Gasteiger partial charge is 0.459 e. The summed E-state index contributed by atoms with van der Waals surface area (Å²) in [7, 11) is 0. The van der Waals surface area contributed by atoms with E-state index in [1.807, 2.05) is 28.8 Å². The van der Waals surface area contributed by atoms with Crippen molar-refractivity contribution in [1.82, 2.24) is 9.55 Å². The van der Waals surface area contributed by atoms with Crippen molar-refractivity contribution >= 4 is 28.6 Å². The Morgan fingerprint density at radius 1 is 1.21 bits per heavy atom. The number of allylic oxidation sites excluding steroid dienone is 1. The Bertz CT molecular complexity index is 1150. The van der Waals surface area contributed by atoms with Gasteiger partial charge >= 0.3 is 5.97 Å². The molecule has 1 aliphatic heterocycles. The van der Waals surface area contributed by atoms with Crippen LogP contribution in [0.5, 0.6) is 0 Å². The van der Waals surface area contributed by atoms with Gasteiger partial charge in [0.25, 0.3) is 5.69 Å². The number of ether oxygens (including phenoxy) is 1. The van der Waals surface area contributed by atoms with Gasteiger partial charge < -0.3 is 10.1 Å². The minimum absolute atomic E-state index is 0.00888. The average molecular weight is 392 g/mol. The Morgan fingerprint density at radius 3 is 2.55 bits per heavy atom. The molecule has 2 heterocycles. The number of aromatic nitrogens is 2. The molecule has 0 spiro atoms. The first-order valence-electron chi connectivity index (χ1n) is 9.27. The summed E-state index contributed by atoms with van der Waals surface area (Å²) in [5, 5.41) is 14.3. The first kappa shape index (κ1) is 18.7. The number of esters is 1. The molecule has 1 N–H and O–H groups in total. The van der Waals surface area contributed by atoms with Crippen LogP contribution in [-0.2, 0) is 9.53 Å². The third-order valence-electron chi connectivity index (χ3n) is 4.81. The van der Waals surface area contributed by atoms with Crippen molar-refractivity contribution in [3.63, 3.8) is 0 Å². The SMILES string of the molecule is CC1=C(C(=O)OC(C)C)[C@H](c2ccc([N+](=O)[O-])cc2)n2c(nc3ccccc32)N1. The first-order chi connectivity index (χ1) is 13.9. The van der Waals surface area contributed by atoms with Crippen LogP contribution in [0.3, 0.4) is 0 Å². The Balaban J connectivity index is 1.93. The average Bonchev–Trinajstić information content (AvgIpc) is 3.04. The molecule has 0 fully saturated rings. The summed E-state index contributed by atoms with van der Waals surface area (Å²) in [5.74, 6) is 0.171. The lowest BCUT2D eigenvalue weighted by Crippen LogP contribution is -2.30. The lowest BCUT2D eigenvalue weighted by atomic mass is 9.95. The molecule has 0 saturated heterocycles. The summed E-state index contributed by atoms with van der Waals surface area (Å²) >= 11 is 0. The fourth-order valence-corrected chi connectivity index (χ4v) is 3.60. The molecular formula is C21H20N4O4. The van der Waals surface area contributed by atoms with Gasteiger partial charge in [-0.3, -0.25) is 14.7 Å². The Kier molecular flexibility index (Phi) is 4.54. The van der Waals surface area contributed by atoms with Gasteiger partial charge in [0, 0.05) is 17.8 Å². The van der Waals surface area contributed by atoms with Crippen LogP contribution in [0.2, 0.25) is 0 Å². The molecule has 3 aromatic rings. The van der Waals surface area contributed by atoms with Crippen molar-refractivity contribution in [3.05, 3.63) is 75.5 Å². The second-order valence-electron chi connectivity index (χ2n) is 7.16. The van der Waals surface area contributed by atoms with E-state index in [0.29, 0.717) is 17.2 Å². The molecule has 1 aromatic heterocycles. The highest BCUT2D eigenvalue weighted by atomic mass is 16.6. The number of imidazole rings is 1. The topological polar surface area (TPSA) is 99.3 Å². The number of rotatable bonds is 4. The summed E-state index contributed by atoms with van der Waals surface area (Å²) < 4.78 is 7.43. The zero-order chi connectivity index (χ0) is 20.7. The van der Waals surface area contributed by atoms with Gasteiger partial charge in [0.05, 0.1) is 33.7 Å². The number of nitrogens with zero attached hydrogens (tertiary/aromatic N) is 3. The zero-order valence-corrected chi connectivity index (χ0v) is 16.2. The number of hydrogen-bond acceptors (Lipinski definition) is 6. The van der Waals surface area contributed by atoms with Crippen molar-refractivity contribution in [2.45, 2.75) is 32.9 Å². The molecule has 0 saturated carbocycles. The van der Waals surface area contributed by atoms with Gasteiger partial charge in [-0.1, -0.05) is 12.1 Å². The quantitative estimate of drug-likeness (QED) is 0.406. The molecule has 2 aromatic carbocycles. The highest BCUT2D eigenvalue weighted by Gasteiger charge is 2.35. The van der Waals surface area contributed by atoms with E-state index in [2.05, 4.69) is 10.3 Å². The van der Waals surface area contributed by atoms with Gasteiger partial charge in [0.1, 0.15) is 0 Å². The second-order valence-corrected chi connectivity index (χ2v) is 7.16. The monoisotopic (exact) mass is 392 g/mol. The van der Waals surface area contributed by atoms with E-state index in [9.17, 15) is 14.9 Å². The van der Waals surface area contributed by atoms with Crippen LogP contribution in [0.4, 0.5) is 11.6 Å². The third kappa shape index (κ3) is 3.22. The minimum atomic E-state index is -0.522. The van der Waals surface area contributed by atoms with E-state index in [1.54, 1.807) is 32.9 Å². The summed E-state index contributed by atoms with van der Waals surface area (Å²) in [5.41, 5.74) is 3.45. The number of nitro groups is 1. The smallest absolute Gasteiger partial charge is 0.338 e. The molecule has 0 amide bonds. The van der Waals surface area contributed by atoms with E-state index < -0.39 is 16.9 Å². The lowest BCUT2D eigenvalue weighted by molar-refractivity contribution is -0.384. The van der Waals surface area contributed by atoms with Gasteiger partial charge in [0.15, 0.2) is 0 Å². The summed E-state index contributed by atoms with van der Waals surface area (Å²) in [6.07, 6.45) is -0.277. The van der Waals surface area contributed by atoms with Crippen LogP contribution >= 0.6 is 0 Å². The molecule has 0 unspecified atom stereocenters. The number of nitro benzene ring substituents is 1. The van der Waals surface area contributed by atoms with E-state index in [1.165, 1.54) is 12.1 Å². The van der Waals surface area contributed by atoms with E-state index in [-0.39, 0.29) is 11.8 Å². The fraction of sp³-hybridized carbons (Fsp3) is 0.238. The Morgan fingerprint density at radius 2 is 1.90 bits per heavy atom. The van der Waals surface area contributed by atoms with Gasteiger partial charge in [-0.25, -0.2) is 9.78 Å². The molecule has 8 heteroatoms. The lowest BCUT2D eigenvalue weighted by Gasteiger charge is -2.30. The molecule has 1 aliphatic rings. The summed E-state index contributed by atoms with van der Waals surface area (Å²) in [6.45, 7) is 5.39. The molecule has 148 valence electrons. The number of carbonyl (C=O) groups excluding carboxylic acids is 1.